The maximum Gasteiger partial charge on any atom is 0.150 e. The van der Waals surface area contributed by atoms with E-state index in [0.717, 1.165) is 56.0 Å². The predicted octanol–water partition coefficient (Wildman–Crippen LogP) is 5.80. The van der Waals surface area contributed by atoms with E-state index >= 15 is 0 Å². The highest BCUT2D eigenvalue weighted by molar-refractivity contribution is 6.10. The topological polar surface area (TPSA) is 35.5 Å². The van der Waals surface area contributed by atoms with Crippen molar-refractivity contribution < 1.29 is 14.3 Å². The summed E-state index contributed by atoms with van der Waals surface area (Å²) in [5, 5.41) is 4.04. The number of fused-ring (bicyclic) bond motifs is 2. The number of benzene rings is 4. The monoisotopic (exact) mass is 356 g/mol. The van der Waals surface area contributed by atoms with Crippen LogP contribution in [0.4, 0.5) is 0 Å². The van der Waals surface area contributed by atoms with Crippen LogP contribution in [0.2, 0.25) is 0 Å². The number of hydrogen-bond donors (Lipinski definition) is 0. The van der Waals surface area contributed by atoms with E-state index in [1.165, 1.54) is 0 Å². The molecule has 0 aromatic heterocycles. The quantitative estimate of drug-likeness (QED) is 0.434. The Bertz CT molecular complexity index is 1180. The summed E-state index contributed by atoms with van der Waals surface area (Å²) in [6.07, 6.45) is 0.905. The second kappa shape index (κ2) is 6.76. The molecular weight excluding hydrogens is 336 g/mol. The number of aldehydes is 1. The van der Waals surface area contributed by atoms with Crippen molar-refractivity contribution in [3.8, 4) is 22.6 Å². The fourth-order valence-electron chi connectivity index (χ4n) is 3.94. The van der Waals surface area contributed by atoms with Gasteiger partial charge in [-0.25, -0.2) is 0 Å². The lowest BCUT2D eigenvalue weighted by Crippen LogP contribution is -2.00. The lowest BCUT2D eigenvalue weighted by atomic mass is 9.88. The van der Waals surface area contributed by atoms with E-state index in [0.29, 0.717) is 5.56 Å². The minimum absolute atomic E-state index is 0.632. The van der Waals surface area contributed by atoms with E-state index in [2.05, 4.69) is 0 Å². The largest absolute Gasteiger partial charge is 0.496 e. The molecule has 0 heterocycles. The summed E-state index contributed by atoms with van der Waals surface area (Å²) >= 11 is 0. The van der Waals surface area contributed by atoms with E-state index in [9.17, 15) is 4.79 Å². The van der Waals surface area contributed by atoms with E-state index in [4.69, 9.17) is 9.47 Å². The van der Waals surface area contributed by atoms with E-state index in [1.54, 1.807) is 14.2 Å². The Morgan fingerprint density at radius 2 is 1.30 bits per heavy atom. The number of carbonyl (C=O) groups excluding carboxylic acids is 1. The first-order chi connectivity index (χ1) is 13.2. The van der Waals surface area contributed by atoms with E-state index < -0.39 is 0 Å². The molecule has 3 nitrogen and oxygen atoms in total. The lowest BCUT2D eigenvalue weighted by Gasteiger charge is -2.21. The molecule has 0 amide bonds. The van der Waals surface area contributed by atoms with Gasteiger partial charge in [-0.1, -0.05) is 60.7 Å². The molecule has 0 bridgehead atoms. The summed E-state index contributed by atoms with van der Waals surface area (Å²) in [5.41, 5.74) is 3.35. The van der Waals surface area contributed by atoms with Crippen molar-refractivity contribution >= 4 is 27.8 Å². The molecule has 4 aromatic carbocycles. The van der Waals surface area contributed by atoms with Crippen LogP contribution in [-0.4, -0.2) is 20.5 Å². The Balaban J connectivity index is 2.26. The number of methoxy groups -OCH3 is 2. The van der Waals surface area contributed by atoms with Crippen LogP contribution in [-0.2, 0) is 0 Å². The van der Waals surface area contributed by atoms with Gasteiger partial charge in [0.05, 0.1) is 14.2 Å². The highest BCUT2D eigenvalue weighted by Gasteiger charge is 2.22. The van der Waals surface area contributed by atoms with Crippen LogP contribution in [0.5, 0.6) is 11.5 Å². The third-order valence-electron chi connectivity index (χ3n) is 5.11. The number of hydrogen-bond acceptors (Lipinski definition) is 3. The molecule has 0 atom stereocenters. The molecule has 4 rings (SSSR count). The summed E-state index contributed by atoms with van der Waals surface area (Å²) in [7, 11) is 3.34. The molecule has 0 N–H and O–H groups in total. The standard InChI is InChI=1S/C24H20O3/c1-15-21(22-17(14-25)13-12-16-8-4-5-9-18(16)22)24(27-3)20-11-7-6-10-19(20)23(15)26-2/h4-14H,1-3H3. The van der Waals surface area contributed by atoms with Gasteiger partial charge in [-0.15, -0.1) is 0 Å². The summed E-state index contributed by atoms with van der Waals surface area (Å²) in [5.74, 6) is 1.55. The van der Waals surface area contributed by atoms with Gasteiger partial charge in [0.2, 0.25) is 0 Å². The molecule has 3 heteroatoms. The number of rotatable bonds is 4. The van der Waals surface area contributed by atoms with Crippen molar-refractivity contribution in [1.29, 1.82) is 0 Å². The van der Waals surface area contributed by atoms with Crippen molar-refractivity contribution in [1.82, 2.24) is 0 Å². The average molecular weight is 356 g/mol. The van der Waals surface area contributed by atoms with Gasteiger partial charge in [0.25, 0.3) is 0 Å². The SMILES string of the molecule is COc1c(C)c(-c2c(C=O)ccc3ccccc23)c(OC)c2ccccc12. The zero-order valence-electron chi connectivity index (χ0n) is 15.6. The van der Waals surface area contributed by atoms with Gasteiger partial charge in [0, 0.05) is 33.0 Å². The first-order valence-corrected chi connectivity index (χ1v) is 8.81. The molecule has 4 aromatic rings. The van der Waals surface area contributed by atoms with Crippen molar-refractivity contribution in [2.45, 2.75) is 6.92 Å². The van der Waals surface area contributed by atoms with Crippen molar-refractivity contribution in [3.05, 3.63) is 71.8 Å². The highest BCUT2D eigenvalue weighted by atomic mass is 16.5. The van der Waals surface area contributed by atoms with Crippen LogP contribution in [0.3, 0.4) is 0 Å². The Labute approximate surface area is 158 Å². The minimum Gasteiger partial charge on any atom is -0.496 e. The Morgan fingerprint density at radius 1 is 0.704 bits per heavy atom. The highest BCUT2D eigenvalue weighted by Crippen LogP contribution is 2.48. The number of ether oxygens (including phenoxy) is 2. The fourth-order valence-corrected chi connectivity index (χ4v) is 3.94. The molecule has 0 saturated carbocycles. The van der Waals surface area contributed by atoms with E-state index in [-0.39, 0.29) is 0 Å². The second-order valence-electron chi connectivity index (χ2n) is 6.48. The van der Waals surface area contributed by atoms with Gasteiger partial charge in [-0.3, -0.25) is 4.79 Å². The first-order valence-electron chi connectivity index (χ1n) is 8.81. The maximum absolute atomic E-state index is 11.9. The first kappa shape index (κ1) is 17.1. The summed E-state index contributed by atoms with van der Waals surface area (Å²) in [6.45, 7) is 2.01. The second-order valence-corrected chi connectivity index (χ2v) is 6.48. The fraction of sp³-hybridized carbons (Fsp3) is 0.125. The Kier molecular flexibility index (Phi) is 4.28. The van der Waals surface area contributed by atoms with Crippen LogP contribution >= 0.6 is 0 Å². The van der Waals surface area contributed by atoms with Crippen LogP contribution in [0.15, 0.2) is 60.7 Å². The van der Waals surface area contributed by atoms with Crippen LogP contribution < -0.4 is 9.47 Å². The zero-order valence-corrected chi connectivity index (χ0v) is 15.6. The molecule has 0 fully saturated rings. The summed E-state index contributed by atoms with van der Waals surface area (Å²) in [4.78, 5) is 11.9. The normalized spacial score (nSPS) is 10.9. The van der Waals surface area contributed by atoms with E-state index in [1.807, 2.05) is 67.6 Å². The molecule has 0 radical (unpaired) electrons. The Hall–Kier alpha value is -3.33. The van der Waals surface area contributed by atoms with Gasteiger partial charge in [0.15, 0.2) is 6.29 Å². The summed E-state index contributed by atoms with van der Waals surface area (Å²) in [6, 6.07) is 19.9. The van der Waals surface area contributed by atoms with Crippen molar-refractivity contribution in [2.24, 2.45) is 0 Å². The Morgan fingerprint density at radius 3 is 1.93 bits per heavy atom. The molecule has 0 spiro atoms. The van der Waals surface area contributed by atoms with Gasteiger partial charge < -0.3 is 9.47 Å². The molecule has 0 aliphatic carbocycles. The third kappa shape index (κ3) is 2.55. The smallest absolute Gasteiger partial charge is 0.150 e. The molecule has 0 aliphatic rings. The van der Waals surface area contributed by atoms with Crippen LogP contribution in [0.1, 0.15) is 15.9 Å². The van der Waals surface area contributed by atoms with Gasteiger partial charge in [-0.2, -0.15) is 0 Å². The number of carbonyl (C=O) groups is 1. The van der Waals surface area contributed by atoms with Gasteiger partial charge in [0.1, 0.15) is 11.5 Å². The minimum atomic E-state index is 0.632. The maximum atomic E-state index is 11.9. The zero-order chi connectivity index (χ0) is 19.0. The molecular formula is C24H20O3. The molecule has 0 unspecified atom stereocenters. The lowest BCUT2D eigenvalue weighted by molar-refractivity contribution is 0.112. The molecule has 27 heavy (non-hydrogen) atoms. The van der Waals surface area contributed by atoms with Crippen molar-refractivity contribution in [3.63, 3.8) is 0 Å². The third-order valence-corrected chi connectivity index (χ3v) is 5.11. The van der Waals surface area contributed by atoms with Gasteiger partial charge in [-0.05, 0) is 17.7 Å². The van der Waals surface area contributed by atoms with Gasteiger partial charge >= 0.3 is 0 Å². The van der Waals surface area contributed by atoms with Crippen LogP contribution in [0, 0.1) is 6.92 Å². The predicted molar refractivity (Wildman–Crippen MR) is 110 cm³/mol. The summed E-state index contributed by atoms with van der Waals surface area (Å²) < 4.78 is 11.6. The molecule has 0 aliphatic heterocycles. The van der Waals surface area contributed by atoms with Crippen LogP contribution in [0.25, 0.3) is 32.7 Å². The molecule has 0 saturated heterocycles. The van der Waals surface area contributed by atoms with Crippen molar-refractivity contribution in [2.75, 3.05) is 14.2 Å². The average Bonchev–Trinajstić information content (AvgIpc) is 2.72. The molecule has 134 valence electrons.